The van der Waals surface area contributed by atoms with Crippen molar-refractivity contribution in [2.75, 3.05) is 39.3 Å². The van der Waals surface area contributed by atoms with Crippen LogP contribution in [0.4, 0.5) is 5.13 Å². The largest absolute Gasteiger partial charge is 1.00 e. The summed E-state index contributed by atoms with van der Waals surface area (Å²) in [5, 5.41) is 8.31. The van der Waals surface area contributed by atoms with E-state index in [4.69, 9.17) is 4.98 Å². The number of aromatic nitrogens is 1. The Morgan fingerprint density at radius 2 is 1.68 bits per heavy atom. The van der Waals surface area contributed by atoms with Crippen LogP contribution in [0.25, 0.3) is 22.0 Å². The zero-order valence-electron chi connectivity index (χ0n) is 21.4. The molecule has 6 rings (SSSR count). The molecule has 1 aromatic heterocycles. The molecule has 1 saturated heterocycles. The smallest absolute Gasteiger partial charge is 0.283 e. The second-order valence-electron chi connectivity index (χ2n) is 10.0. The van der Waals surface area contributed by atoms with Crippen LogP contribution in [-0.2, 0) is 12.8 Å². The molecule has 38 heavy (non-hydrogen) atoms. The Hall–Kier alpha value is -1.96. The van der Waals surface area contributed by atoms with Gasteiger partial charge in [-0.05, 0) is 28.0 Å². The van der Waals surface area contributed by atoms with Crippen LogP contribution in [0, 0.1) is 0 Å². The first kappa shape index (κ1) is 30.6. The van der Waals surface area contributed by atoms with Crippen LogP contribution in [0.5, 0.6) is 0 Å². The number of nitrogens with zero attached hydrogens (tertiary/aromatic N) is 1. The minimum absolute atomic E-state index is 0. The lowest BCUT2D eigenvalue weighted by Gasteiger charge is -2.33. The Kier molecular flexibility index (Phi) is 11.2. The van der Waals surface area contributed by atoms with Crippen molar-refractivity contribution in [3.63, 3.8) is 0 Å². The van der Waals surface area contributed by atoms with Crippen LogP contribution in [0.3, 0.4) is 0 Å². The highest BCUT2D eigenvalue weighted by Crippen LogP contribution is 2.35. The molecule has 1 aliphatic heterocycles. The van der Waals surface area contributed by atoms with E-state index in [1.807, 2.05) is 6.08 Å². The SMILES string of the molecule is C=CC[NH2+]c1nc(-c2ccc(CC[NH+]3CC[NH+](C4Cc5cccc6cccc4c56)CC3)cc2)cs1.[Cl-].[Cl-].[Cl-]. The average Bonchev–Trinajstić information content (AvgIpc) is 3.54. The maximum Gasteiger partial charge on any atom is 0.283 e. The van der Waals surface area contributed by atoms with Gasteiger partial charge in [-0.15, -0.1) is 0 Å². The summed E-state index contributed by atoms with van der Waals surface area (Å²) in [6.45, 7) is 11.0. The van der Waals surface area contributed by atoms with Gasteiger partial charge in [0.25, 0.3) is 5.13 Å². The number of quaternary nitrogens is 3. The van der Waals surface area contributed by atoms with E-state index in [-0.39, 0.29) is 37.2 Å². The molecule has 4 aromatic rings. The molecule has 0 radical (unpaired) electrons. The van der Waals surface area contributed by atoms with Gasteiger partial charge in [0.15, 0.2) is 0 Å². The summed E-state index contributed by atoms with van der Waals surface area (Å²) < 4.78 is 0. The Balaban J connectivity index is 0.00000133. The molecule has 1 aliphatic carbocycles. The van der Waals surface area contributed by atoms with Gasteiger partial charge < -0.3 is 47.0 Å². The summed E-state index contributed by atoms with van der Waals surface area (Å²) in [4.78, 5) is 8.29. The van der Waals surface area contributed by atoms with Crippen LogP contribution in [0.15, 0.2) is 78.7 Å². The lowest BCUT2D eigenvalue weighted by Crippen LogP contribution is -3.28. The van der Waals surface area contributed by atoms with E-state index in [0.29, 0.717) is 6.04 Å². The number of halogens is 3. The highest BCUT2D eigenvalue weighted by atomic mass is 35.5. The van der Waals surface area contributed by atoms with Crippen LogP contribution >= 0.6 is 11.3 Å². The van der Waals surface area contributed by atoms with Crippen LogP contribution in [-0.4, -0.2) is 44.3 Å². The van der Waals surface area contributed by atoms with Crippen molar-refractivity contribution in [3.8, 4) is 11.3 Å². The van der Waals surface area contributed by atoms with Crippen molar-refractivity contribution in [1.82, 2.24) is 4.98 Å². The summed E-state index contributed by atoms with van der Waals surface area (Å²) in [6, 6.07) is 23.4. The van der Waals surface area contributed by atoms with E-state index in [2.05, 4.69) is 77.9 Å². The number of rotatable bonds is 8. The molecule has 3 aromatic carbocycles. The fourth-order valence-corrected chi connectivity index (χ4v) is 6.75. The molecular formula is C30H35Cl3N4S. The van der Waals surface area contributed by atoms with Crippen LogP contribution in [0.1, 0.15) is 22.7 Å². The summed E-state index contributed by atoms with van der Waals surface area (Å²) in [5.41, 5.74) is 6.86. The third kappa shape index (κ3) is 6.43. The van der Waals surface area contributed by atoms with Gasteiger partial charge >= 0.3 is 0 Å². The quantitative estimate of drug-likeness (QED) is 0.176. The predicted octanol–water partition coefficient (Wildman–Crippen LogP) is -7.02. The second-order valence-corrected chi connectivity index (χ2v) is 10.9. The summed E-state index contributed by atoms with van der Waals surface area (Å²) in [5.74, 6) is 0. The van der Waals surface area contributed by atoms with Crippen molar-refractivity contribution < 1.29 is 52.3 Å². The maximum absolute atomic E-state index is 4.74. The van der Waals surface area contributed by atoms with Crippen molar-refractivity contribution in [3.05, 3.63) is 95.4 Å². The first-order valence-corrected chi connectivity index (χ1v) is 13.8. The second kappa shape index (κ2) is 13.9. The first-order chi connectivity index (χ1) is 17.3. The number of thiazole rings is 1. The molecule has 2 aliphatic rings. The lowest BCUT2D eigenvalue weighted by atomic mass is 10.0. The zero-order chi connectivity index (χ0) is 23.6. The highest BCUT2D eigenvalue weighted by molar-refractivity contribution is 7.13. The molecule has 0 spiro atoms. The van der Waals surface area contributed by atoms with E-state index in [1.54, 1.807) is 32.3 Å². The van der Waals surface area contributed by atoms with E-state index in [0.717, 1.165) is 23.8 Å². The fraction of sp³-hybridized carbons (Fsp3) is 0.300. The van der Waals surface area contributed by atoms with Gasteiger partial charge in [-0.25, -0.2) is 0 Å². The van der Waals surface area contributed by atoms with Crippen molar-refractivity contribution in [1.29, 1.82) is 0 Å². The molecule has 202 valence electrons. The average molecular weight is 590 g/mol. The van der Waals surface area contributed by atoms with Crippen LogP contribution in [0.2, 0.25) is 0 Å². The molecular weight excluding hydrogens is 555 g/mol. The van der Waals surface area contributed by atoms with Crippen LogP contribution < -0.4 is 52.3 Å². The van der Waals surface area contributed by atoms with Gasteiger partial charge in [-0.3, -0.25) is 5.32 Å². The molecule has 4 N–H and O–H groups in total. The molecule has 8 heteroatoms. The number of benzene rings is 3. The Labute approximate surface area is 248 Å². The van der Waals surface area contributed by atoms with Crippen molar-refractivity contribution >= 4 is 27.2 Å². The lowest BCUT2D eigenvalue weighted by molar-refractivity contribution is -1.03. The first-order valence-electron chi connectivity index (χ1n) is 13.0. The fourth-order valence-electron chi connectivity index (χ4n) is 5.99. The Bertz CT molecular complexity index is 1330. The van der Waals surface area contributed by atoms with Gasteiger partial charge in [0, 0.05) is 29.3 Å². The topological polar surface area (TPSA) is 38.4 Å². The monoisotopic (exact) mass is 588 g/mol. The van der Waals surface area contributed by atoms with Gasteiger partial charge in [-0.2, -0.15) is 4.98 Å². The maximum atomic E-state index is 4.74. The molecule has 0 saturated carbocycles. The number of nitrogens with two attached hydrogens (primary N) is 1. The molecule has 1 unspecified atom stereocenters. The molecule has 2 heterocycles. The normalized spacial score (nSPS) is 19.7. The minimum atomic E-state index is 0. The number of piperazine rings is 1. The summed E-state index contributed by atoms with van der Waals surface area (Å²) >= 11 is 1.70. The molecule has 0 amide bonds. The minimum Gasteiger partial charge on any atom is -1.00 e. The number of hydrogen-bond acceptors (Lipinski definition) is 2. The summed E-state index contributed by atoms with van der Waals surface area (Å²) in [6.07, 6.45) is 4.27. The molecule has 1 fully saturated rings. The number of nitrogens with one attached hydrogen (secondary N) is 2. The third-order valence-corrected chi connectivity index (χ3v) is 8.75. The zero-order valence-corrected chi connectivity index (χ0v) is 24.5. The van der Waals surface area contributed by atoms with E-state index < -0.39 is 0 Å². The molecule has 1 atom stereocenters. The third-order valence-electron chi connectivity index (χ3n) is 7.91. The van der Waals surface area contributed by atoms with E-state index in [9.17, 15) is 0 Å². The molecule has 0 bridgehead atoms. The van der Waals surface area contributed by atoms with Crippen molar-refractivity contribution in [2.24, 2.45) is 0 Å². The van der Waals surface area contributed by atoms with Crippen molar-refractivity contribution in [2.45, 2.75) is 18.9 Å². The van der Waals surface area contributed by atoms with Gasteiger partial charge in [0.2, 0.25) is 0 Å². The summed E-state index contributed by atoms with van der Waals surface area (Å²) in [7, 11) is 0. The number of hydrogen-bond donors (Lipinski definition) is 3. The van der Waals surface area contributed by atoms with E-state index >= 15 is 0 Å². The Morgan fingerprint density at radius 1 is 0.947 bits per heavy atom. The molecule has 4 nitrogen and oxygen atoms in total. The van der Waals surface area contributed by atoms with Gasteiger partial charge in [0.1, 0.15) is 38.8 Å². The predicted molar refractivity (Wildman–Crippen MR) is 145 cm³/mol. The standard InChI is InChI=1S/C30H32N4S.3ClH/c1-2-14-31-30-32-27(21-35-30)23-11-9-22(10-12-23)13-15-33-16-18-34(19-17-33)28-20-25-7-3-5-24-6-4-8-26(28)29(24)25;;;/h2-12,21,28H,1,13-20H2,(H,31,32);3*1H. The van der Waals surface area contributed by atoms with Gasteiger partial charge in [-0.1, -0.05) is 78.6 Å². The Morgan fingerprint density at radius 3 is 2.42 bits per heavy atom. The van der Waals surface area contributed by atoms with Gasteiger partial charge in [0.05, 0.1) is 12.2 Å². The highest BCUT2D eigenvalue weighted by Gasteiger charge is 2.35. The van der Waals surface area contributed by atoms with E-state index in [1.165, 1.54) is 61.0 Å².